The van der Waals surface area contributed by atoms with Crippen LogP contribution < -0.4 is 28.4 Å². The van der Waals surface area contributed by atoms with E-state index >= 15 is 0 Å². The van der Waals surface area contributed by atoms with Crippen LogP contribution in [-0.2, 0) is 33.7 Å². The number of methoxy groups -OCH3 is 3. The average molecular weight is 575 g/mol. The highest BCUT2D eigenvalue weighted by Crippen LogP contribution is 2.57. The molecule has 0 fully saturated rings. The van der Waals surface area contributed by atoms with Crippen molar-refractivity contribution < 1.29 is 62.1 Å². The van der Waals surface area contributed by atoms with Crippen LogP contribution in [0.3, 0.4) is 0 Å². The molecule has 1 aliphatic heterocycles. The van der Waals surface area contributed by atoms with E-state index in [-0.39, 0.29) is 46.7 Å². The third-order valence-corrected chi connectivity index (χ3v) is 5.73. The van der Waals surface area contributed by atoms with E-state index < -0.39 is 35.9 Å². The van der Waals surface area contributed by atoms with E-state index in [2.05, 4.69) is 4.89 Å². The standard InChI is InChI=1S/C28H30O13/c1-14(29)38-20-11-10-18(24(34-5)26(20)39-15(2)30)23-21(28(32)35-6)19-13-17(9-8-12-37-36-7)22(33-4)27(25(19)41-23)40-16(3)31/h8-11,13,21,23H,12H2,1-7H3/b9-8+. The molecule has 13 nitrogen and oxygen atoms in total. The van der Waals surface area contributed by atoms with Crippen molar-refractivity contribution >= 4 is 30.0 Å². The average Bonchev–Trinajstić information content (AvgIpc) is 3.29. The topological polar surface area (TPSA) is 151 Å². The van der Waals surface area contributed by atoms with Gasteiger partial charge in [0.05, 0.1) is 28.4 Å². The minimum atomic E-state index is -1.14. The van der Waals surface area contributed by atoms with Gasteiger partial charge in [-0.2, -0.15) is 0 Å². The Morgan fingerprint density at radius 3 is 2.00 bits per heavy atom. The van der Waals surface area contributed by atoms with E-state index in [1.165, 1.54) is 54.4 Å². The number of hydrogen-bond acceptors (Lipinski definition) is 13. The lowest BCUT2D eigenvalue weighted by Crippen LogP contribution is -2.21. The summed E-state index contributed by atoms with van der Waals surface area (Å²) in [6.45, 7) is 3.63. The number of carbonyl (C=O) groups excluding carboxylic acids is 4. The molecule has 2 aromatic carbocycles. The summed E-state index contributed by atoms with van der Waals surface area (Å²) >= 11 is 0. The van der Waals surface area contributed by atoms with Crippen molar-refractivity contribution in [1.29, 1.82) is 0 Å². The van der Waals surface area contributed by atoms with E-state index in [9.17, 15) is 19.2 Å². The summed E-state index contributed by atoms with van der Waals surface area (Å²) < 4.78 is 38.5. The lowest BCUT2D eigenvalue weighted by Gasteiger charge is -2.22. The van der Waals surface area contributed by atoms with Crippen molar-refractivity contribution in [3.8, 4) is 34.5 Å². The van der Waals surface area contributed by atoms with Gasteiger partial charge in [-0.1, -0.05) is 12.2 Å². The third kappa shape index (κ3) is 6.76. The van der Waals surface area contributed by atoms with Crippen LogP contribution in [0.25, 0.3) is 6.08 Å². The number of fused-ring (bicyclic) bond motifs is 1. The maximum absolute atomic E-state index is 13.2. The second-order valence-electron chi connectivity index (χ2n) is 8.44. The predicted octanol–water partition coefficient (Wildman–Crippen LogP) is 3.46. The van der Waals surface area contributed by atoms with Gasteiger partial charge in [-0.25, -0.2) is 9.78 Å². The highest BCUT2D eigenvalue weighted by molar-refractivity contribution is 5.86. The van der Waals surface area contributed by atoms with Crippen LogP contribution in [0.5, 0.6) is 34.5 Å². The van der Waals surface area contributed by atoms with Crippen molar-refractivity contribution in [3.63, 3.8) is 0 Å². The van der Waals surface area contributed by atoms with Crippen LogP contribution >= 0.6 is 0 Å². The number of rotatable bonds is 11. The summed E-state index contributed by atoms with van der Waals surface area (Å²) in [5.74, 6) is -4.07. The first kappa shape index (κ1) is 30.9. The Morgan fingerprint density at radius 2 is 1.44 bits per heavy atom. The fourth-order valence-electron chi connectivity index (χ4n) is 4.32. The van der Waals surface area contributed by atoms with E-state index in [1.807, 2.05) is 0 Å². The Morgan fingerprint density at radius 1 is 0.805 bits per heavy atom. The molecule has 1 heterocycles. The van der Waals surface area contributed by atoms with Gasteiger partial charge >= 0.3 is 23.9 Å². The SMILES string of the molecule is COOC/C=C/c1cc2c(c(OC(C)=O)c1OC)OC(c1ccc(OC(C)=O)c(OC(C)=O)c1OC)C2C(=O)OC. The molecule has 0 aromatic heterocycles. The van der Waals surface area contributed by atoms with Crippen LogP contribution in [0.4, 0.5) is 0 Å². The van der Waals surface area contributed by atoms with E-state index in [4.69, 9.17) is 38.0 Å². The van der Waals surface area contributed by atoms with Crippen LogP contribution in [0, 0.1) is 0 Å². The van der Waals surface area contributed by atoms with Crippen LogP contribution in [0.1, 0.15) is 49.5 Å². The Bertz CT molecular complexity index is 1360. The van der Waals surface area contributed by atoms with E-state index in [1.54, 1.807) is 18.2 Å². The summed E-state index contributed by atoms with van der Waals surface area (Å²) in [5, 5.41) is 0. The van der Waals surface area contributed by atoms with Gasteiger partial charge in [0.2, 0.25) is 11.5 Å². The largest absolute Gasteiger partial charge is 0.492 e. The smallest absolute Gasteiger partial charge is 0.317 e. The fraction of sp³-hybridized carbons (Fsp3) is 0.357. The lowest BCUT2D eigenvalue weighted by molar-refractivity contribution is -0.263. The summed E-state index contributed by atoms with van der Waals surface area (Å²) in [6, 6.07) is 4.48. The van der Waals surface area contributed by atoms with Crippen molar-refractivity contribution in [2.75, 3.05) is 35.0 Å². The lowest BCUT2D eigenvalue weighted by atomic mass is 9.89. The molecule has 0 saturated heterocycles. The molecule has 1 aliphatic rings. The Hall–Kier alpha value is -4.62. The summed E-state index contributed by atoms with van der Waals surface area (Å²) in [6.07, 6.45) is 2.11. The van der Waals surface area contributed by atoms with Gasteiger partial charge in [-0.15, -0.1) is 0 Å². The maximum Gasteiger partial charge on any atom is 0.317 e. The number of hydrogen-bond donors (Lipinski definition) is 0. The van der Waals surface area contributed by atoms with E-state index in [0.717, 1.165) is 6.92 Å². The molecule has 2 aromatic rings. The highest BCUT2D eigenvalue weighted by atomic mass is 17.2. The van der Waals surface area contributed by atoms with Gasteiger partial charge in [0, 0.05) is 37.5 Å². The Labute approximate surface area is 235 Å². The molecule has 41 heavy (non-hydrogen) atoms. The molecule has 0 saturated carbocycles. The minimum Gasteiger partial charge on any atom is -0.492 e. The molecule has 0 spiro atoms. The molecule has 2 unspecified atom stereocenters. The second-order valence-corrected chi connectivity index (χ2v) is 8.44. The van der Waals surface area contributed by atoms with Gasteiger partial charge in [0.1, 0.15) is 18.6 Å². The maximum atomic E-state index is 13.2. The van der Waals surface area contributed by atoms with E-state index in [0.29, 0.717) is 11.1 Å². The van der Waals surface area contributed by atoms with Gasteiger partial charge in [0.15, 0.2) is 23.0 Å². The van der Waals surface area contributed by atoms with Crippen LogP contribution in [0.2, 0.25) is 0 Å². The van der Waals surface area contributed by atoms with Gasteiger partial charge < -0.3 is 33.2 Å². The molecule has 3 rings (SSSR count). The Kier molecular flexibility index (Phi) is 10.3. The van der Waals surface area contributed by atoms with Crippen molar-refractivity contribution in [2.45, 2.75) is 32.8 Å². The zero-order chi connectivity index (χ0) is 30.3. The molecule has 13 heteroatoms. The quantitative estimate of drug-likeness (QED) is 0.127. The zero-order valence-electron chi connectivity index (χ0n) is 23.6. The molecule has 220 valence electrons. The normalized spacial score (nSPS) is 15.5. The van der Waals surface area contributed by atoms with Gasteiger partial charge in [0.25, 0.3) is 0 Å². The molecular weight excluding hydrogens is 544 g/mol. The van der Waals surface area contributed by atoms with Crippen molar-refractivity contribution in [3.05, 3.63) is 41.0 Å². The van der Waals surface area contributed by atoms with Crippen LogP contribution in [0.15, 0.2) is 24.3 Å². The number of ether oxygens (including phenoxy) is 7. The molecular formula is C28H30O13. The van der Waals surface area contributed by atoms with Gasteiger partial charge in [-0.05, 0) is 18.2 Å². The summed E-state index contributed by atoms with van der Waals surface area (Å²) in [5.41, 5.74) is 0.981. The molecule has 0 radical (unpaired) electrons. The first-order chi connectivity index (χ1) is 19.6. The summed E-state index contributed by atoms with van der Waals surface area (Å²) in [7, 11) is 5.25. The molecule has 0 N–H and O–H groups in total. The molecule has 0 amide bonds. The first-order valence-electron chi connectivity index (χ1n) is 12.1. The number of benzene rings is 2. The molecule has 0 aliphatic carbocycles. The number of esters is 4. The fourth-order valence-corrected chi connectivity index (χ4v) is 4.32. The number of carbonyl (C=O) groups is 4. The third-order valence-electron chi connectivity index (χ3n) is 5.73. The minimum absolute atomic E-state index is 0.0384. The molecule has 0 bridgehead atoms. The summed E-state index contributed by atoms with van der Waals surface area (Å²) in [4.78, 5) is 58.4. The predicted molar refractivity (Wildman–Crippen MR) is 140 cm³/mol. The van der Waals surface area contributed by atoms with Gasteiger partial charge in [-0.3, -0.25) is 19.2 Å². The van der Waals surface area contributed by atoms with Crippen LogP contribution in [-0.4, -0.2) is 58.9 Å². The Balaban J connectivity index is 2.29. The second kappa shape index (κ2) is 13.6. The first-order valence-corrected chi connectivity index (χ1v) is 12.1. The van der Waals surface area contributed by atoms with Crippen molar-refractivity contribution in [1.82, 2.24) is 0 Å². The highest BCUT2D eigenvalue weighted by Gasteiger charge is 2.46. The molecule has 2 atom stereocenters. The zero-order valence-corrected chi connectivity index (χ0v) is 23.6. The van der Waals surface area contributed by atoms with Crippen molar-refractivity contribution in [2.24, 2.45) is 0 Å². The monoisotopic (exact) mass is 574 g/mol.